The lowest BCUT2D eigenvalue weighted by Crippen LogP contribution is -2.37. The molecule has 3 nitrogen and oxygen atoms in total. The summed E-state index contributed by atoms with van der Waals surface area (Å²) in [6.45, 7) is 4.70. The van der Waals surface area contributed by atoms with Crippen LogP contribution in [0.2, 0.25) is 0 Å². The van der Waals surface area contributed by atoms with Crippen molar-refractivity contribution in [2.75, 3.05) is 32.8 Å². The van der Waals surface area contributed by atoms with E-state index >= 15 is 0 Å². The Labute approximate surface area is 97.2 Å². The molecule has 0 amide bonds. The summed E-state index contributed by atoms with van der Waals surface area (Å²) in [4.78, 5) is 2.39. The monoisotopic (exact) mass is 232 g/mol. The van der Waals surface area contributed by atoms with Crippen LogP contribution in [0, 0.1) is 0 Å². The van der Waals surface area contributed by atoms with Gasteiger partial charge in [0.2, 0.25) is 0 Å². The summed E-state index contributed by atoms with van der Waals surface area (Å²) < 4.78 is 5.73. The molecular formula is C11H21ClN2O. The topological polar surface area (TPSA) is 38.5 Å². The summed E-state index contributed by atoms with van der Waals surface area (Å²) in [7, 11) is 0. The normalized spacial score (nSPS) is 20.1. The molecule has 0 radical (unpaired) electrons. The molecule has 88 valence electrons. The van der Waals surface area contributed by atoms with Crippen molar-refractivity contribution in [3.63, 3.8) is 0 Å². The van der Waals surface area contributed by atoms with Gasteiger partial charge in [0.15, 0.2) is 0 Å². The third-order valence-electron chi connectivity index (χ3n) is 2.69. The SMILES string of the molecule is NCCCOC1CCN(CC=CCl)CC1. The lowest BCUT2D eigenvalue weighted by molar-refractivity contribution is 0.00952. The molecule has 1 rings (SSSR count). The van der Waals surface area contributed by atoms with Gasteiger partial charge in [0.1, 0.15) is 0 Å². The minimum atomic E-state index is 0.438. The van der Waals surface area contributed by atoms with Crippen LogP contribution >= 0.6 is 11.6 Å². The molecule has 0 saturated carbocycles. The average molecular weight is 233 g/mol. The van der Waals surface area contributed by atoms with Crippen molar-refractivity contribution in [1.29, 1.82) is 0 Å². The first-order chi connectivity index (χ1) is 7.36. The number of ether oxygens (including phenoxy) is 1. The molecule has 1 fully saturated rings. The maximum Gasteiger partial charge on any atom is 0.0599 e. The van der Waals surface area contributed by atoms with Gasteiger partial charge in [-0.1, -0.05) is 17.7 Å². The molecule has 1 heterocycles. The predicted molar refractivity (Wildman–Crippen MR) is 64.1 cm³/mol. The van der Waals surface area contributed by atoms with Crippen LogP contribution < -0.4 is 5.73 Å². The van der Waals surface area contributed by atoms with Gasteiger partial charge in [-0.25, -0.2) is 0 Å². The van der Waals surface area contributed by atoms with Crippen molar-refractivity contribution < 1.29 is 4.74 Å². The molecule has 0 aliphatic carbocycles. The van der Waals surface area contributed by atoms with Crippen LogP contribution in [0.3, 0.4) is 0 Å². The summed E-state index contributed by atoms with van der Waals surface area (Å²) in [5.74, 6) is 0. The Morgan fingerprint density at radius 1 is 1.40 bits per heavy atom. The lowest BCUT2D eigenvalue weighted by Gasteiger charge is -2.31. The summed E-state index contributed by atoms with van der Waals surface area (Å²) in [5.41, 5.74) is 7.00. The molecule has 1 aliphatic heterocycles. The van der Waals surface area contributed by atoms with Crippen LogP contribution in [0.15, 0.2) is 11.6 Å². The summed E-state index contributed by atoms with van der Waals surface area (Å²) in [6, 6.07) is 0. The molecule has 0 unspecified atom stereocenters. The fourth-order valence-electron chi connectivity index (χ4n) is 1.78. The molecule has 4 heteroatoms. The van der Waals surface area contributed by atoms with Gasteiger partial charge in [-0.05, 0) is 25.8 Å². The standard InChI is InChI=1S/C11H21ClN2O/c12-5-1-7-14-8-3-11(4-9-14)15-10-2-6-13/h1,5,11H,2-4,6-10,13H2. The van der Waals surface area contributed by atoms with Gasteiger partial charge >= 0.3 is 0 Å². The Hall–Kier alpha value is -0.0900. The first kappa shape index (κ1) is 13.0. The minimum Gasteiger partial charge on any atom is -0.378 e. The highest BCUT2D eigenvalue weighted by molar-refractivity contribution is 6.25. The van der Waals surface area contributed by atoms with Gasteiger partial charge < -0.3 is 10.5 Å². The molecule has 0 spiro atoms. The molecule has 1 aliphatic rings. The predicted octanol–water partition coefficient (Wildman–Crippen LogP) is 1.57. The van der Waals surface area contributed by atoms with Crippen molar-refractivity contribution >= 4 is 11.6 Å². The van der Waals surface area contributed by atoms with E-state index in [4.69, 9.17) is 22.1 Å². The van der Waals surface area contributed by atoms with Crippen molar-refractivity contribution in [2.24, 2.45) is 5.73 Å². The number of nitrogens with two attached hydrogens (primary N) is 1. The van der Waals surface area contributed by atoms with Gasteiger partial charge in [-0.3, -0.25) is 4.90 Å². The van der Waals surface area contributed by atoms with E-state index in [-0.39, 0.29) is 0 Å². The van der Waals surface area contributed by atoms with Gasteiger partial charge in [0.05, 0.1) is 6.10 Å². The van der Waals surface area contributed by atoms with E-state index in [1.807, 2.05) is 6.08 Å². The average Bonchev–Trinajstić information content (AvgIpc) is 2.28. The third kappa shape index (κ3) is 5.52. The number of rotatable bonds is 6. The molecule has 0 bridgehead atoms. The first-order valence-electron chi connectivity index (χ1n) is 5.66. The zero-order valence-corrected chi connectivity index (χ0v) is 9.96. The molecule has 0 aromatic carbocycles. The second-order valence-corrected chi connectivity index (χ2v) is 4.13. The van der Waals surface area contributed by atoms with E-state index in [1.54, 1.807) is 5.54 Å². The highest BCUT2D eigenvalue weighted by Gasteiger charge is 2.18. The zero-order chi connectivity index (χ0) is 10.9. The highest BCUT2D eigenvalue weighted by Crippen LogP contribution is 2.13. The van der Waals surface area contributed by atoms with E-state index in [9.17, 15) is 0 Å². The fourth-order valence-corrected chi connectivity index (χ4v) is 1.86. The molecule has 0 atom stereocenters. The second-order valence-electron chi connectivity index (χ2n) is 3.87. The minimum absolute atomic E-state index is 0.438. The molecule has 1 saturated heterocycles. The highest BCUT2D eigenvalue weighted by atomic mass is 35.5. The molecule has 2 N–H and O–H groups in total. The first-order valence-corrected chi connectivity index (χ1v) is 6.09. The maximum absolute atomic E-state index is 5.73. The summed E-state index contributed by atoms with van der Waals surface area (Å²) >= 11 is 5.49. The Bertz CT molecular complexity index is 179. The number of hydrogen-bond acceptors (Lipinski definition) is 3. The largest absolute Gasteiger partial charge is 0.378 e. The second kappa shape index (κ2) is 8.11. The van der Waals surface area contributed by atoms with E-state index < -0.39 is 0 Å². The molecule has 15 heavy (non-hydrogen) atoms. The maximum atomic E-state index is 5.73. The van der Waals surface area contributed by atoms with E-state index in [1.165, 1.54) is 0 Å². The van der Waals surface area contributed by atoms with Crippen molar-refractivity contribution in [1.82, 2.24) is 4.90 Å². The Balaban J connectivity index is 2.07. The van der Waals surface area contributed by atoms with Gasteiger partial charge in [0.25, 0.3) is 0 Å². The lowest BCUT2D eigenvalue weighted by atomic mass is 10.1. The third-order valence-corrected chi connectivity index (χ3v) is 2.87. The summed E-state index contributed by atoms with van der Waals surface area (Å²) in [6.07, 6.45) is 5.64. The van der Waals surface area contributed by atoms with E-state index in [2.05, 4.69) is 4.90 Å². The molecule has 0 aromatic rings. The Morgan fingerprint density at radius 3 is 2.73 bits per heavy atom. The van der Waals surface area contributed by atoms with E-state index in [0.29, 0.717) is 6.10 Å². The number of likely N-dealkylation sites (tertiary alicyclic amines) is 1. The van der Waals surface area contributed by atoms with Crippen LogP contribution in [-0.4, -0.2) is 43.8 Å². The number of piperidine rings is 1. The Kier molecular flexibility index (Phi) is 7.01. The van der Waals surface area contributed by atoms with Crippen LogP contribution in [0.5, 0.6) is 0 Å². The van der Waals surface area contributed by atoms with Crippen LogP contribution in [0.1, 0.15) is 19.3 Å². The number of hydrogen-bond donors (Lipinski definition) is 1. The zero-order valence-electron chi connectivity index (χ0n) is 9.20. The van der Waals surface area contributed by atoms with Crippen LogP contribution in [0.25, 0.3) is 0 Å². The summed E-state index contributed by atoms with van der Waals surface area (Å²) in [5, 5.41) is 0. The van der Waals surface area contributed by atoms with E-state index in [0.717, 1.165) is 52.0 Å². The molecular weight excluding hydrogens is 212 g/mol. The van der Waals surface area contributed by atoms with Crippen molar-refractivity contribution in [3.8, 4) is 0 Å². The van der Waals surface area contributed by atoms with Crippen molar-refractivity contribution in [2.45, 2.75) is 25.4 Å². The van der Waals surface area contributed by atoms with Gasteiger partial charge in [0, 0.05) is 31.8 Å². The number of nitrogens with zero attached hydrogens (tertiary/aromatic N) is 1. The quantitative estimate of drug-likeness (QED) is 0.707. The fraction of sp³-hybridized carbons (Fsp3) is 0.818. The van der Waals surface area contributed by atoms with Gasteiger partial charge in [-0.15, -0.1) is 0 Å². The van der Waals surface area contributed by atoms with Crippen molar-refractivity contribution in [3.05, 3.63) is 11.6 Å². The smallest absolute Gasteiger partial charge is 0.0599 e. The molecule has 0 aromatic heterocycles. The Morgan fingerprint density at radius 2 is 2.13 bits per heavy atom. The number of halogens is 1. The van der Waals surface area contributed by atoms with Crippen LogP contribution in [-0.2, 0) is 4.74 Å². The van der Waals surface area contributed by atoms with Gasteiger partial charge in [-0.2, -0.15) is 0 Å². The van der Waals surface area contributed by atoms with Crippen LogP contribution in [0.4, 0.5) is 0 Å².